The molecular weight excluding hydrogens is 256 g/mol. The molecule has 0 radical (unpaired) electrons. The van der Waals surface area contributed by atoms with Crippen molar-refractivity contribution in [2.45, 2.75) is 32.2 Å². The highest BCUT2D eigenvalue weighted by Crippen LogP contribution is 2.18. The van der Waals surface area contributed by atoms with E-state index >= 15 is 0 Å². The second kappa shape index (κ2) is 5.95. The van der Waals surface area contributed by atoms with Gasteiger partial charge in [-0.25, -0.2) is 4.79 Å². The van der Waals surface area contributed by atoms with Gasteiger partial charge in [0.2, 0.25) is 0 Å². The summed E-state index contributed by atoms with van der Waals surface area (Å²) in [7, 11) is 0. The highest BCUT2D eigenvalue weighted by molar-refractivity contribution is 5.67. The van der Waals surface area contributed by atoms with E-state index in [2.05, 4.69) is 11.2 Å². The minimum Gasteiger partial charge on any atom is -0.447 e. The maximum atomic E-state index is 12.0. The topological polar surface area (TPSA) is 71.2 Å². The molecule has 6 heteroatoms. The molecule has 1 saturated heterocycles. The molecule has 0 bridgehead atoms. The molecule has 1 fully saturated rings. The summed E-state index contributed by atoms with van der Waals surface area (Å²) in [5.41, 5.74) is -0.385. The van der Waals surface area contributed by atoms with E-state index in [-0.39, 0.29) is 24.2 Å². The molecule has 1 aliphatic rings. The minimum absolute atomic E-state index is 0.0737. The summed E-state index contributed by atoms with van der Waals surface area (Å²) in [6.45, 7) is 5.31. The van der Waals surface area contributed by atoms with Crippen molar-refractivity contribution in [2.75, 3.05) is 19.7 Å². The average Bonchev–Trinajstić information content (AvgIpc) is 3.00. The van der Waals surface area contributed by atoms with E-state index in [4.69, 9.17) is 10.00 Å². The van der Waals surface area contributed by atoms with Crippen LogP contribution in [0.1, 0.15) is 26.7 Å². The Balaban J connectivity index is 1.87. The first-order valence-corrected chi connectivity index (χ1v) is 6.84. The minimum atomic E-state index is -0.385. The first-order chi connectivity index (χ1) is 9.53. The summed E-state index contributed by atoms with van der Waals surface area (Å²) in [6, 6.07) is 4.06. The maximum absolute atomic E-state index is 12.0. The number of carbonyl (C=O) groups is 1. The van der Waals surface area contributed by atoms with E-state index < -0.39 is 0 Å². The van der Waals surface area contributed by atoms with E-state index in [0.717, 1.165) is 12.8 Å². The summed E-state index contributed by atoms with van der Waals surface area (Å²) in [5.74, 6) is -0.0737. The monoisotopic (exact) mass is 276 g/mol. The van der Waals surface area contributed by atoms with Crippen LogP contribution in [0.5, 0.6) is 0 Å². The number of amides is 1. The zero-order valence-electron chi connectivity index (χ0n) is 12.0. The predicted octanol–water partition coefficient (Wildman–Crippen LogP) is 1.99. The molecule has 6 nitrogen and oxygen atoms in total. The van der Waals surface area contributed by atoms with Crippen molar-refractivity contribution < 1.29 is 9.53 Å². The molecule has 1 aromatic heterocycles. The summed E-state index contributed by atoms with van der Waals surface area (Å²) in [4.78, 5) is 13.7. The number of likely N-dealkylation sites (tertiary alicyclic amines) is 1. The van der Waals surface area contributed by atoms with Gasteiger partial charge in [-0.05, 0) is 32.8 Å². The number of piperidine rings is 1. The number of hydrogen-bond donors (Lipinski definition) is 0. The Morgan fingerprint density at radius 2 is 2.40 bits per heavy atom. The fraction of sp³-hybridized carbons (Fsp3) is 0.643. The summed E-state index contributed by atoms with van der Waals surface area (Å²) in [6.07, 6.45) is 4.92. The first kappa shape index (κ1) is 14.4. The number of aromatic nitrogens is 2. The molecule has 0 spiro atoms. The van der Waals surface area contributed by atoms with Gasteiger partial charge in [0.1, 0.15) is 6.61 Å². The molecule has 1 amide bonds. The van der Waals surface area contributed by atoms with Crippen LogP contribution in [0.2, 0.25) is 0 Å². The fourth-order valence-corrected chi connectivity index (χ4v) is 2.27. The Labute approximate surface area is 118 Å². The van der Waals surface area contributed by atoms with Gasteiger partial charge in [0.25, 0.3) is 0 Å². The van der Waals surface area contributed by atoms with Crippen molar-refractivity contribution >= 4 is 6.09 Å². The molecule has 0 aromatic carbocycles. The van der Waals surface area contributed by atoms with Crippen molar-refractivity contribution in [3.63, 3.8) is 0 Å². The smallest absolute Gasteiger partial charge is 0.409 e. The number of carbonyl (C=O) groups excluding carboxylic acids is 1. The number of ether oxygens (including phenoxy) is 1. The molecule has 1 aromatic rings. The molecule has 1 unspecified atom stereocenters. The van der Waals surface area contributed by atoms with E-state index in [1.807, 2.05) is 26.1 Å². The maximum Gasteiger partial charge on any atom is 0.409 e. The van der Waals surface area contributed by atoms with Crippen LogP contribution < -0.4 is 0 Å². The zero-order valence-corrected chi connectivity index (χ0v) is 12.0. The standard InChI is InChI=1S/C14H20N4O2/c1-14(2,18-8-4-6-16-18)11-20-13(19)17-7-3-5-12(9-15)10-17/h4,6,8,12H,3,5,7,10-11H2,1-2H3. The molecule has 1 atom stereocenters. The van der Waals surface area contributed by atoms with Crippen molar-refractivity contribution in [3.05, 3.63) is 18.5 Å². The summed E-state index contributed by atoms with van der Waals surface area (Å²) < 4.78 is 7.15. The second-order valence-electron chi connectivity index (χ2n) is 5.73. The molecule has 0 saturated carbocycles. The van der Waals surface area contributed by atoms with Crippen LogP contribution in [0, 0.1) is 17.2 Å². The lowest BCUT2D eigenvalue weighted by molar-refractivity contribution is 0.0580. The fourth-order valence-electron chi connectivity index (χ4n) is 2.27. The normalized spacial score (nSPS) is 19.4. The van der Waals surface area contributed by atoms with Crippen molar-refractivity contribution in [2.24, 2.45) is 5.92 Å². The van der Waals surface area contributed by atoms with Crippen molar-refractivity contribution in [1.29, 1.82) is 5.26 Å². The van der Waals surface area contributed by atoms with E-state index in [1.54, 1.807) is 15.8 Å². The summed E-state index contributed by atoms with van der Waals surface area (Å²) >= 11 is 0. The lowest BCUT2D eigenvalue weighted by atomic mass is 10.0. The third-order valence-electron chi connectivity index (χ3n) is 3.54. The first-order valence-electron chi connectivity index (χ1n) is 6.84. The van der Waals surface area contributed by atoms with Gasteiger partial charge in [0, 0.05) is 25.5 Å². The average molecular weight is 276 g/mol. The molecule has 2 rings (SSSR count). The third kappa shape index (κ3) is 3.29. The highest BCUT2D eigenvalue weighted by atomic mass is 16.6. The van der Waals surface area contributed by atoms with Gasteiger partial charge in [-0.3, -0.25) is 4.68 Å². The molecule has 0 N–H and O–H groups in total. The molecule has 1 aliphatic heterocycles. The van der Waals surface area contributed by atoms with Crippen LogP contribution in [0.3, 0.4) is 0 Å². The largest absolute Gasteiger partial charge is 0.447 e. The Bertz CT molecular complexity index is 490. The SMILES string of the molecule is CC(C)(COC(=O)N1CCCC(C#N)C1)n1cccn1. The van der Waals surface area contributed by atoms with Gasteiger partial charge >= 0.3 is 6.09 Å². The van der Waals surface area contributed by atoms with Crippen LogP contribution >= 0.6 is 0 Å². The van der Waals surface area contributed by atoms with Crippen LogP contribution in [0.15, 0.2) is 18.5 Å². The van der Waals surface area contributed by atoms with Crippen LogP contribution in [-0.4, -0.2) is 40.5 Å². The van der Waals surface area contributed by atoms with Gasteiger partial charge in [0.15, 0.2) is 0 Å². The Kier molecular flexibility index (Phi) is 4.28. The number of nitriles is 1. The van der Waals surface area contributed by atoms with Gasteiger partial charge < -0.3 is 9.64 Å². The zero-order chi connectivity index (χ0) is 14.6. The summed E-state index contributed by atoms with van der Waals surface area (Å²) in [5, 5.41) is 13.1. The lowest BCUT2D eigenvalue weighted by Gasteiger charge is -2.31. The Hall–Kier alpha value is -2.03. The van der Waals surface area contributed by atoms with Crippen LogP contribution in [0.4, 0.5) is 4.79 Å². The van der Waals surface area contributed by atoms with Gasteiger partial charge in [-0.1, -0.05) is 0 Å². The van der Waals surface area contributed by atoms with E-state index in [1.165, 1.54) is 0 Å². The Morgan fingerprint density at radius 3 is 3.05 bits per heavy atom. The van der Waals surface area contributed by atoms with Crippen molar-refractivity contribution in [3.8, 4) is 6.07 Å². The lowest BCUT2D eigenvalue weighted by Crippen LogP contribution is -2.42. The van der Waals surface area contributed by atoms with Gasteiger partial charge in [-0.15, -0.1) is 0 Å². The number of rotatable bonds is 3. The van der Waals surface area contributed by atoms with Crippen LogP contribution in [0.25, 0.3) is 0 Å². The number of nitrogens with zero attached hydrogens (tertiary/aromatic N) is 4. The molecule has 108 valence electrons. The van der Waals surface area contributed by atoms with Crippen molar-refractivity contribution in [1.82, 2.24) is 14.7 Å². The molecule has 20 heavy (non-hydrogen) atoms. The predicted molar refractivity (Wildman–Crippen MR) is 72.8 cm³/mol. The molecular formula is C14H20N4O2. The Morgan fingerprint density at radius 1 is 1.60 bits per heavy atom. The van der Waals surface area contributed by atoms with E-state index in [0.29, 0.717) is 13.1 Å². The molecule has 2 heterocycles. The third-order valence-corrected chi connectivity index (χ3v) is 3.54. The van der Waals surface area contributed by atoms with Gasteiger partial charge in [0.05, 0.1) is 17.5 Å². The molecule has 0 aliphatic carbocycles. The van der Waals surface area contributed by atoms with E-state index in [9.17, 15) is 4.79 Å². The number of hydrogen-bond acceptors (Lipinski definition) is 4. The quantitative estimate of drug-likeness (QED) is 0.846. The van der Waals surface area contributed by atoms with Crippen LogP contribution in [-0.2, 0) is 10.3 Å². The highest BCUT2D eigenvalue weighted by Gasteiger charge is 2.27. The second-order valence-corrected chi connectivity index (χ2v) is 5.73. The van der Waals surface area contributed by atoms with Gasteiger partial charge in [-0.2, -0.15) is 10.4 Å².